The topological polar surface area (TPSA) is 63.4 Å². The standard InChI is InChI=1S/C17H28N2O2/c1-14-10-19(11-15(14)6-5-9-20)12-17(18,13-21)16-7-3-2-4-8-16/h6,9,13-14,16H,2-5,7-8,10-12,18H2,1H3/b15-6+/t14-,17+/m0/s1. The average Bonchev–Trinajstić information content (AvgIpc) is 2.85. The number of hydrogen-bond acceptors (Lipinski definition) is 4. The zero-order valence-corrected chi connectivity index (χ0v) is 13.1. The molecule has 0 spiro atoms. The molecule has 2 fully saturated rings. The molecular weight excluding hydrogens is 264 g/mol. The van der Waals surface area contributed by atoms with E-state index in [4.69, 9.17) is 5.73 Å². The van der Waals surface area contributed by atoms with E-state index in [1.54, 1.807) is 0 Å². The minimum absolute atomic E-state index is 0.321. The molecule has 118 valence electrons. The Morgan fingerprint density at radius 2 is 2.00 bits per heavy atom. The minimum atomic E-state index is -0.708. The Hall–Kier alpha value is -1.00. The molecule has 4 heteroatoms. The highest BCUT2D eigenvalue weighted by atomic mass is 16.1. The summed E-state index contributed by atoms with van der Waals surface area (Å²) in [5, 5.41) is 0. The van der Waals surface area contributed by atoms with Crippen LogP contribution in [0.3, 0.4) is 0 Å². The maximum absolute atomic E-state index is 11.6. The molecule has 2 N–H and O–H groups in total. The summed E-state index contributed by atoms with van der Waals surface area (Å²) in [7, 11) is 0. The average molecular weight is 292 g/mol. The molecule has 2 atom stereocenters. The Morgan fingerprint density at radius 1 is 1.29 bits per heavy atom. The van der Waals surface area contributed by atoms with Gasteiger partial charge in [0.2, 0.25) is 0 Å². The van der Waals surface area contributed by atoms with E-state index in [1.807, 2.05) is 6.08 Å². The molecule has 2 rings (SSSR count). The normalized spacial score (nSPS) is 29.4. The van der Waals surface area contributed by atoms with E-state index in [-0.39, 0.29) is 0 Å². The number of carbonyl (C=O) groups excluding carboxylic acids is 2. The van der Waals surface area contributed by atoms with E-state index in [0.29, 0.717) is 24.8 Å². The molecule has 4 nitrogen and oxygen atoms in total. The van der Waals surface area contributed by atoms with Crippen molar-refractivity contribution in [1.29, 1.82) is 0 Å². The number of aldehydes is 2. The lowest BCUT2D eigenvalue weighted by atomic mass is 9.75. The summed E-state index contributed by atoms with van der Waals surface area (Å²) in [5.41, 5.74) is 7.05. The van der Waals surface area contributed by atoms with Crippen molar-refractivity contribution in [2.24, 2.45) is 17.6 Å². The summed E-state index contributed by atoms with van der Waals surface area (Å²) < 4.78 is 0. The first-order valence-corrected chi connectivity index (χ1v) is 8.19. The molecule has 0 aromatic heterocycles. The van der Waals surface area contributed by atoms with Gasteiger partial charge in [0.25, 0.3) is 0 Å². The van der Waals surface area contributed by atoms with Crippen LogP contribution in [-0.4, -0.2) is 42.6 Å². The number of carbonyl (C=O) groups is 2. The summed E-state index contributed by atoms with van der Waals surface area (Å²) in [6, 6.07) is 0. The third kappa shape index (κ3) is 4.01. The monoisotopic (exact) mass is 292 g/mol. The number of allylic oxidation sites excluding steroid dienone is 1. The summed E-state index contributed by atoms with van der Waals surface area (Å²) in [6.45, 7) is 4.60. The molecule has 0 aromatic rings. The van der Waals surface area contributed by atoms with Crippen LogP contribution in [0.2, 0.25) is 0 Å². The number of nitrogens with two attached hydrogens (primary N) is 1. The fraction of sp³-hybridized carbons (Fsp3) is 0.765. The van der Waals surface area contributed by atoms with Crippen LogP contribution in [-0.2, 0) is 9.59 Å². The molecule has 1 aliphatic carbocycles. The minimum Gasteiger partial charge on any atom is -0.318 e. The van der Waals surface area contributed by atoms with Crippen LogP contribution in [0, 0.1) is 11.8 Å². The third-order valence-corrected chi connectivity index (χ3v) is 5.13. The molecular formula is C17H28N2O2. The van der Waals surface area contributed by atoms with Crippen LogP contribution in [0.5, 0.6) is 0 Å². The van der Waals surface area contributed by atoms with E-state index >= 15 is 0 Å². The van der Waals surface area contributed by atoms with Gasteiger partial charge in [-0.25, -0.2) is 0 Å². The highest BCUT2D eigenvalue weighted by Gasteiger charge is 2.38. The summed E-state index contributed by atoms with van der Waals surface area (Å²) >= 11 is 0. The zero-order valence-electron chi connectivity index (χ0n) is 13.1. The quantitative estimate of drug-likeness (QED) is 0.600. The largest absolute Gasteiger partial charge is 0.318 e. The lowest BCUT2D eigenvalue weighted by Crippen LogP contribution is -2.57. The Bertz CT molecular complexity index is 402. The molecule has 0 aromatic carbocycles. The number of nitrogens with zero attached hydrogens (tertiary/aromatic N) is 1. The van der Waals surface area contributed by atoms with Crippen LogP contribution >= 0.6 is 0 Å². The van der Waals surface area contributed by atoms with Gasteiger partial charge in [-0.05, 0) is 24.7 Å². The van der Waals surface area contributed by atoms with Crippen LogP contribution in [0.25, 0.3) is 0 Å². The smallest absolute Gasteiger partial charge is 0.141 e. The van der Waals surface area contributed by atoms with E-state index in [1.165, 1.54) is 24.8 Å². The van der Waals surface area contributed by atoms with Crippen molar-refractivity contribution in [3.05, 3.63) is 11.6 Å². The molecule has 0 radical (unpaired) electrons. The van der Waals surface area contributed by atoms with Crippen molar-refractivity contribution in [3.8, 4) is 0 Å². The first kappa shape index (κ1) is 16.4. The summed E-state index contributed by atoms with van der Waals surface area (Å²) in [6.07, 6.45) is 10.2. The molecule has 0 bridgehead atoms. The predicted molar refractivity (Wildman–Crippen MR) is 83.9 cm³/mol. The Morgan fingerprint density at radius 3 is 2.62 bits per heavy atom. The van der Waals surface area contributed by atoms with Gasteiger partial charge in [0.05, 0.1) is 5.54 Å². The van der Waals surface area contributed by atoms with E-state index in [0.717, 1.165) is 38.5 Å². The highest BCUT2D eigenvalue weighted by Crippen LogP contribution is 2.32. The second-order valence-corrected chi connectivity index (χ2v) is 6.82. The molecule has 21 heavy (non-hydrogen) atoms. The second-order valence-electron chi connectivity index (χ2n) is 6.82. The summed E-state index contributed by atoms with van der Waals surface area (Å²) in [4.78, 5) is 24.4. The molecule has 0 unspecified atom stereocenters. The Balaban J connectivity index is 1.98. The van der Waals surface area contributed by atoms with Crippen LogP contribution in [0.1, 0.15) is 45.4 Å². The maximum atomic E-state index is 11.6. The van der Waals surface area contributed by atoms with Crippen LogP contribution in [0.15, 0.2) is 11.6 Å². The van der Waals surface area contributed by atoms with Crippen molar-refractivity contribution in [2.75, 3.05) is 19.6 Å². The lowest BCUT2D eigenvalue weighted by molar-refractivity contribution is -0.115. The van der Waals surface area contributed by atoms with Crippen molar-refractivity contribution in [3.63, 3.8) is 0 Å². The third-order valence-electron chi connectivity index (χ3n) is 5.13. The Labute approximate surface area is 127 Å². The second kappa shape index (κ2) is 7.32. The van der Waals surface area contributed by atoms with Crippen LogP contribution in [0.4, 0.5) is 0 Å². The molecule has 0 amide bonds. The molecule has 1 saturated carbocycles. The molecule has 1 aliphatic heterocycles. The zero-order chi connectivity index (χ0) is 15.3. The molecule has 1 saturated heterocycles. The van der Waals surface area contributed by atoms with Gasteiger partial charge in [-0.1, -0.05) is 37.8 Å². The van der Waals surface area contributed by atoms with Gasteiger partial charge in [-0.2, -0.15) is 0 Å². The summed E-state index contributed by atoms with van der Waals surface area (Å²) in [5.74, 6) is 0.772. The maximum Gasteiger partial charge on any atom is 0.141 e. The fourth-order valence-electron chi connectivity index (χ4n) is 3.86. The number of hydrogen-bond donors (Lipinski definition) is 1. The van der Waals surface area contributed by atoms with Crippen molar-refractivity contribution in [1.82, 2.24) is 4.90 Å². The fourth-order valence-corrected chi connectivity index (χ4v) is 3.86. The first-order chi connectivity index (χ1) is 10.1. The van der Waals surface area contributed by atoms with E-state index in [9.17, 15) is 9.59 Å². The van der Waals surface area contributed by atoms with Crippen molar-refractivity contribution in [2.45, 2.75) is 51.0 Å². The first-order valence-electron chi connectivity index (χ1n) is 8.19. The van der Waals surface area contributed by atoms with Gasteiger partial charge < -0.3 is 15.3 Å². The van der Waals surface area contributed by atoms with Gasteiger partial charge in [-0.3, -0.25) is 4.90 Å². The van der Waals surface area contributed by atoms with E-state index in [2.05, 4.69) is 11.8 Å². The lowest BCUT2D eigenvalue weighted by Gasteiger charge is -2.38. The SMILES string of the molecule is C[C@H]1CN(C[C@@](N)(C=O)C2CCCCC2)C/C1=C\CC=O. The number of likely N-dealkylation sites (tertiary alicyclic amines) is 1. The van der Waals surface area contributed by atoms with Crippen molar-refractivity contribution < 1.29 is 9.59 Å². The van der Waals surface area contributed by atoms with Gasteiger partial charge in [0, 0.05) is 26.1 Å². The van der Waals surface area contributed by atoms with Gasteiger partial charge >= 0.3 is 0 Å². The van der Waals surface area contributed by atoms with E-state index < -0.39 is 5.54 Å². The van der Waals surface area contributed by atoms with Crippen LogP contribution < -0.4 is 5.73 Å². The van der Waals surface area contributed by atoms with Gasteiger partial charge in [-0.15, -0.1) is 0 Å². The van der Waals surface area contributed by atoms with Gasteiger partial charge in [0.1, 0.15) is 12.6 Å². The van der Waals surface area contributed by atoms with Crippen molar-refractivity contribution >= 4 is 12.6 Å². The predicted octanol–water partition coefficient (Wildman–Crippen LogP) is 1.93. The Kier molecular flexibility index (Phi) is 5.71. The highest BCUT2D eigenvalue weighted by molar-refractivity contribution is 5.65. The molecule has 2 aliphatic rings. The molecule has 1 heterocycles. The van der Waals surface area contributed by atoms with Gasteiger partial charge in [0.15, 0.2) is 0 Å². The number of rotatable bonds is 6.